The van der Waals surface area contributed by atoms with E-state index < -0.39 is 10.0 Å². The second-order valence-electron chi connectivity index (χ2n) is 5.41. The lowest BCUT2D eigenvalue weighted by Gasteiger charge is -2.18. The van der Waals surface area contributed by atoms with Crippen LogP contribution in [0.2, 0.25) is 0 Å². The van der Waals surface area contributed by atoms with Crippen molar-refractivity contribution < 1.29 is 13.5 Å². The first-order valence-electron chi connectivity index (χ1n) is 7.14. The summed E-state index contributed by atoms with van der Waals surface area (Å²) in [5, 5.41) is 8.77. The monoisotopic (exact) mass is 307 g/mol. The Hall–Kier alpha value is -1.35. The average molecular weight is 307 g/mol. The van der Waals surface area contributed by atoms with Crippen LogP contribution in [0.5, 0.6) is 0 Å². The van der Waals surface area contributed by atoms with Crippen LogP contribution in [0.4, 0.5) is 0 Å². The van der Waals surface area contributed by atoms with Crippen molar-refractivity contribution in [2.45, 2.75) is 25.8 Å². The van der Waals surface area contributed by atoms with Crippen LogP contribution in [0.1, 0.15) is 30.4 Å². The molecule has 0 unspecified atom stereocenters. The van der Waals surface area contributed by atoms with E-state index in [4.69, 9.17) is 5.11 Å². The van der Waals surface area contributed by atoms with Gasteiger partial charge in [0.1, 0.15) is 0 Å². The third-order valence-corrected chi connectivity index (χ3v) is 5.46. The molecular weight excluding hydrogens is 286 g/mol. The summed E-state index contributed by atoms with van der Waals surface area (Å²) in [4.78, 5) is 0. The second-order valence-corrected chi connectivity index (χ2v) is 7.53. The Kier molecular flexibility index (Phi) is 5.40. The molecule has 0 atom stereocenters. The zero-order chi connectivity index (χ0) is 15.3. The van der Waals surface area contributed by atoms with Gasteiger partial charge < -0.3 is 5.11 Å². The topological polar surface area (TPSA) is 57.6 Å². The minimum atomic E-state index is -3.19. The van der Waals surface area contributed by atoms with Crippen LogP contribution in [0, 0.1) is 17.8 Å². The van der Waals surface area contributed by atoms with Crippen molar-refractivity contribution in [1.82, 2.24) is 4.31 Å². The van der Waals surface area contributed by atoms with Crippen LogP contribution < -0.4 is 0 Å². The van der Waals surface area contributed by atoms with Gasteiger partial charge in [-0.25, -0.2) is 12.7 Å². The van der Waals surface area contributed by atoms with Crippen molar-refractivity contribution in [3.8, 4) is 11.8 Å². The van der Waals surface area contributed by atoms with Gasteiger partial charge >= 0.3 is 0 Å². The first kappa shape index (κ1) is 16.0. The molecule has 0 amide bonds. The van der Waals surface area contributed by atoms with Crippen molar-refractivity contribution in [3.63, 3.8) is 0 Å². The van der Waals surface area contributed by atoms with Gasteiger partial charge in [0.15, 0.2) is 0 Å². The molecule has 21 heavy (non-hydrogen) atoms. The lowest BCUT2D eigenvalue weighted by Crippen LogP contribution is -2.29. The molecule has 1 saturated carbocycles. The summed E-state index contributed by atoms with van der Waals surface area (Å²) in [6.45, 7) is 0.365. The standard InChI is InChI=1S/C16H21NO3S/c1-17(21(19,20)13-14-9-10-14)12-16-8-3-2-6-15(16)7-4-5-11-18/h2-3,6,8,14,18H,5,9-13H2,1H3. The Bertz CT molecular complexity index is 639. The first-order valence-corrected chi connectivity index (χ1v) is 8.75. The predicted octanol–water partition coefficient (Wildman–Crippen LogP) is 1.59. The van der Waals surface area contributed by atoms with Crippen LogP contribution in [-0.2, 0) is 16.6 Å². The number of aliphatic hydroxyl groups excluding tert-OH is 1. The number of rotatable bonds is 6. The summed E-state index contributed by atoms with van der Waals surface area (Å²) >= 11 is 0. The first-order chi connectivity index (χ1) is 10.0. The van der Waals surface area contributed by atoms with Gasteiger partial charge in [0.25, 0.3) is 0 Å². The normalized spacial score (nSPS) is 14.8. The fourth-order valence-corrected chi connectivity index (χ4v) is 3.56. The van der Waals surface area contributed by atoms with Gasteiger partial charge in [0, 0.05) is 25.6 Å². The highest BCUT2D eigenvalue weighted by Gasteiger charge is 2.30. The molecule has 1 fully saturated rings. The zero-order valence-electron chi connectivity index (χ0n) is 12.2. The second kappa shape index (κ2) is 7.08. The molecule has 1 aliphatic carbocycles. The Labute approximate surface area is 126 Å². The Balaban J connectivity index is 2.10. The Morgan fingerprint density at radius 2 is 2.05 bits per heavy atom. The van der Waals surface area contributed by atoms with Crippen LogP contribution in [0.15, 0.2) is 24.3 Å². The maximum Gasteiger partial charge on any atom is 0.214 e. The molecule has 1 aliphatic rings. The van der Waals surface area contributed by atoms with E-state index >= 15 is 0 Å². The molecule has 0 radical (unpaired) electrons. The summed E-state index contributed by atoms with van der Waals surface area (Å²) in [6, 6.07) is 7.53. The molecular formula is C16H21NO3S. The highest BCUT2D eigenvalue weighted by Crippen LogP contribution is 2.31. The van der Waals surface area contributed by atoms with Gasteiger partial charge in [0.05, 0.1) is 12.4 Å². The maximum absolute atomic E-state index is 12.2. The summed E-state index contributed by atoms with van der Waals surface area (Å²) < 4.78 is 25.8. The quantitative estimate of drug-likeness (QED) is 0.812. The lowest BCUT2D eigenvalue weighted by molar-refractivity contribution is 0.305. The summed E-state index contributed by atoms with van der Waals surface area (Å²) in [5.41, 5.74) is 1.71. The van der Waals surface area contributed by atoms with E-state index in [9.17, 15) is 8.42 Å². The van der Waals surface area contributed by atoms with Crippen LogP contribution in [0.3, 0.4) is 0 Å². The van der Waals surface area contributed by atoms with Crippen molar-refractivity contribution in [3.05, 3.63) is 35.4 Å². The van der Waals surface area contributed by atoms with Crippen LogP contribution in [0.25, 0.3) is 0 Å². The summed E-state index contributed by atoms with van der Waals surface area (Å²) in [6.07, 6.45) is 2.47. The van der Waals surface area contributed by atoms with E-state index in [1.54, 1.807) is 7.05 Å². The molecule has 4 nitrogen and oxygen atoms in total. The van der Waals surface area contributed by atoms with Gasteiger partial charge in [-0.2, -0.15) is 0 Å². The predicted molar refractivity (Wildman–Crippen MR) is 83.0 cm³/mol. The zero-order valence-corrected chi connectivity index (χ0v) is 13.1. The molecule has 0 saturated heterocycles. The smallest absolute Gasteiger partial charge is 0.214 e. The van der Waals surface area contributed by atoms with Crippen LogP contribution in [-0.4, -0.2) is 37.2 Å². The number of benzene rings is 1. The van der Waals surface area contributed by atoms with Crippen molar-refractivity contribution in [2.24, 2.45) is 5.92 Å². The van der Waals surface area contributed by atoms with Crippen LogP contribution >= 0.6 is 0 Å². The SMILES string of the molecule is CN(Cc1ccccc1C#CCCO)S(=O)(=O)CC1CC1. The maximum atomic E-state index is 12.2. The lowest BCUT2D eigenvalue weighted by atomic mass is 10.1. The molecule has 5 heteroatoms. The van der Waals surface area contributed by atoms with E-state index in [0.29, 0.717) is 18.9 Å². The molecule has 2 rings (SSSR count). The van der Waals surface area contributed by atoms with Gasteiger partial charge in [0.2, 0.25) is 10.0 Å². The largest absolute Gasteiger partial charge is 0.395 e. The minimum absolute atomic E-state index is 0.0326. The van der Waals surface area contributed by atoms with Gasteiger partial charge in [-0.05, 0) is 30.4 Å². The highest BCUT2D eigenvalue weighted by molar-refractivity contribution is 7.89. The van der Waals surface area contributed by atoms with E-state index in [-0.39, 0.29) is 12.4 Å². The van der Waals surface area contributed by atoms with Crippen molar-refractivity contribution >= 4 is 10.0 Å². The third-order valence-electron chi connectivity index (χ3n) is 3.49. The third kappa shape index (κ3) is 4.85. The molecule has 0 spiro atoms. The number of sulfonamides is 1. The molecule has 1 N–H and O–H groups in total. The van der Waals surface area contributed by atoms with Gasteiger partial charge in [-0.1, -0.05) is 30.0 Å². The Morgan fingerprint density at radius 1 is 1.33 bits per heavy atom. The number of hydrogen-bond acceptors (Lipinski definition) is 3. The van der Waals surface area contributed by atoms with Gasteiger partial charge in [-0.3, -0.25) is 0 Å². The molecule has 0 aromatic heterocycles. The van der Waals surface area contributed by atoms with E-state index in [2.05, 4.69) is 11.8 Å². The van der Waals surface area contributed by atoms with Crippen molar-refractivity contribution in [2.75, 3.05) is 19.4 Å². The van der Waals surface area contributed by atoms with E-state index in [1.165, 1.54) is 4.31 Å². The molecule has 0 heterocycles. The molecule has 1 aromatic carbocycles. The minimum Gasteiger partial charge on any atom is -0.395 e. The average Bonchev–Trinajstić information content (AvgIpc) is 3.24. The molecule has 0 bridgehead atoms. The number of hydrogen-bond donors (Lipinski definition) is 1. The van der Waals surface area contributed by atoms with E-state index in [0.717, 1.165) is 24.0 Å². The van der Waals surface area contributed by atoms with Gasteiger partial charge in [-0.15, -0.1) is 0 Å². The molecule has 1 aromatic rings. The molecule has 114 valence electrons. The van der Waals surface area contributed by atoms with E-state index in [1.807, 2.05) is 24.3 Å². The fourth-order valence-electron chi connectivity index (χ4n) is 2.04. The Morgan fingerprint density at radius 3 is 2.71 bits per heavy atom. The number of nitrogens with zero attached hydrogens (tertiary/aromatic N) is 1. The highest BCUT2D eigenvalue weighted by atomic mass is 32.2. The fraction of sp³-hybridized carbons (Fsp3) is 0.500. The van der Waals surface area contributed by atoms with Crippen molar-refractivity contribution in [1.29, 1.82) is 0 Å². The summed E-state index contributed by atoms with van der Waals surface area (Å²) in [7, 11) is -1.57. The summed E-state index contributed by atoms with van der Waals surface area (Å²) in [5.74, 6) is 6.47. The molecule has 0 aliphatic heterocycles. The number of aliphatic hydroxyl groups is 1.